The number of benzene rings is 1. The van der Waals surface area contributed by atoms with E-state index in [0.717, 1.165) is 5.56 Å². The molecule has 5 nitrogen and oxygen atoms in total. The fourth-order valence-electron chi connectivity index (χ4n) is 2.77. The van der Waals surface area contributed by atoms with E-state index in [1.807, 2.05) is 25.5 Å². The van der Waals surface area contributed by atoms with E-state index < -0.39 is 5.41 Å². The number of aromatic nitrogens is 3. The van der Waals surface area contributed by atoms with Gasteiger partial charge in [0.2, 0.25) is 5.91 Å². The third-order valence-corrected chi connectivity index (χ3v) is 5.04. The first-order chi connectivity index (χ1) is 11.1. The molecule has 1 saturated carbocycles. The number of hydrogen-bond acceptors (Lipinski definition) is 3. The first-order valence-electron chi connectivity index (χ1n) is 7.85. The molecule has 0 spiro atoms. The highest BCUT2D eigenvalue weighted by Crippen LogP contribution is 2.48. The van der Waals surface area contributed by atoms with E-state index in [9.17, 15) is 4.79 Å². The molecule has 0 atom stereocenters. The van der Waals surface area contributed by atoms with Crippen molar-refractivity contribution in [2.45, 2.75) is 51.0 Å². The summed E-state index contributed by atoms with van der Waals surface area (Å²) in [5, 5.41) is 5.78. The third kappa shape index (κ3) is 2.91. The number of carbonyl (C=O) groups excluding carboxylic acids is 1. The Morgan fingerprint density at radius 1 is 1.29 bits per heavy atom. The molecule has 1 fully saturated rings. The Hall–Kier alpha value is -1.59. The zero-order chi connectivity index (χ0) is 17.7. The molecule has 0 unspecified atom stereocenters. The summed E-state index contributed by atoms with van der Waals surface area (Å²) in [5.74, 6) is 0.880. The molecular weight excluding hydrogens is 347 g/mol. The highest BCUT2D eigenvalue weighted by atomic mass is 35.5. The Balaban J connectivity index is 2.05. The molecule has 1 amide bonds. The van der Waals surface area contributed by atoms with Crippen molar-refractivity contribution in [3.63, 3.8) is 0 Å². The van der Waals surface area contributed by atoms with E-state index in [2.05, 4.69) is 10.1 Å². The topological polar surface area (TPSA) is 73.8 Å². The van der Waals surface area contributed by atoms with Crippen molar-refractivity contribution in [2.24, 2.45) is 5.73 Å². The molecule has 0 aliphatic heterocycles. The molecule has 1 aliphatic rings. The summed E-state index contributed by atoms with van der Waals surface area (Å²) in [5.41, 5.74) is 5.40. The highest BCUT2D eigenvalue weighted by molar-refractivity contribution is 6.36. The molecule has 0 radical (unpaired) electrons. The van der Waals surface area contributed by atoms with Crippen molar-refractivity contribution in [3.8, 4) is 0 Å². The summed E-state index contributed by atoms with van der Waals surface area (Å²) in [7, 11) is 0. The number of nitrogens with zero attached hydrogens (tertiary/aromatic N) is 3. The monoisotopic (exact) mass is 366 g/mol. The Morgan fingerprint density at radius 3 is 2.33 bits per heavy atom. The molecule has 0 bridgehead atoms. The lowest BCUT2D eigenvalue weighted by Gasteiger charge is -2.23. The van der Waals surface area contributed by atoms with Gasteiger partial charge in [0, 0.05) is 16.5 Å². The predicted molar refractivity (Wildman–Crippen MR) is 94.4 cm³/mol. The van der Waals surface area contributed by atoms with Crippen LogP contribution in [0, 0.1) is 0 Å². The Labute approximate surface area is 151 Å². The van der Waals surface area contributed by atoms with Gasteiger partial charge in [0.05, 0.1) is 5.54 Å². The maximum Gasteiger partial charge on any atom is 0.231 e. The van der Waals surface area contributed by atoms with Crippen LogP contribution < -0.4 is 5.73 Å². The summed E-state index contributed by atoms with van der Waals surface area (Å²) in [6.45, 7) is 6.07. The molecule has 2 N–H and O–H groups in total. The molecule has 0 saturated heterocycles. The van der Waals surface area contributed by atoms with Gasteiger partial charge in [-0.3, -0.25) is 4.79 Å². The standard InChI is InChI=1S/C17H20Cl2N4O/c1-16(2,3)23-15(17(7-8-17)14(20)24)21-13(22-23)9-10-11(18)5-4-6-12(10)19/h4-6H,7-9H2,1-3H3,(H2,20,24). The summed E-state index contributed by atoms with van der Waals surface area (Å²) in [4.78, 5) is 16.6. The van der Waals surface area contributed by atoms with Crippen molar-refractivity contribution in [1.82, 2.24) is 14.8 Å². The van der Waals surface area contributed by atoms with E-state index in [1.165, 1.54) is 0 Å². The molecule has 1 heterocycles. The van der Waals surface area contributed by atoms with Crippen LogP contribution in [0.5, 0.6) is 0 Å². The minimum absolute atomic E-state index is 0.310. The first-order valence-corrected chi connectivity index (χ1v) is 8.60. The van der Waals surface area contributed by atoms with Gasteiger partial charge >= 0.3 is 0 Å². The smallest absolute Gasteiger partial charge is 0.231 e. The van der Waals surface area contributed by atoms with Gasteiger partial charge in [-0.05, 0) is 51.3 Å². The van der Waals surface area contributed by atoms with Crippen LogP contribution in [-0.4, -0.2) is 20.7 Å². The van der Waals surface area contributed by atoms with Crippen molar-refractivity contribution in [3.05, 3.63) is 45.5 Å². The summed E-state index contributed by atoms with van der Waals surface area (Å²) in [6.07, 6.45) is 1.83. The minimum atomic E-state index is -0.692. The normalized spacial score (nSPS) is 16.2. The van der Waals surface area contributed by atoms with Gasteiger partial charge in [-0.1, -0.05) is 29.3 Å². The second-order valence-electron chi connectivity index (χ2n) is 7.26. The fourth-order valence-corrected chi connectivity index (χ4v) is 3.30. The number of carbonyl (C=O) groups is 1. The number of halogens is 2. The summed E-state index contributed by atoms with van der Waals surface area (Å²) < 4.78 is 1.81. The van der Waals surface area contributed by atoms with Gasteiger partial charge in [-0.2, -0.15) is 5.10 Å². The fraction of sp³-hybridized carbons (Fsp3) is 0.471. The van der Waals surface area contributed by atoms with E-state index in [-0.39, 0.29) is 11.4 Å². The van der Waals surface area contributed by atoms with Crippen LogP contribution >= 0.6 is 23.2 Å². The molecule has 24 heavy (non-hydrogen) atoms. The maximum absolute atomic E-state index is 11.9. The SMILES string of the molecule is CC(C)(C)n1nc(Cc2c(Cl)cccc2Cl)nc1C1(C(N)=O)CC1. The molecule has 7 heteroatoms. The van der Waals surface area contributed by atoms with Crippen LogP contribution in [0.3, 0.4) is 0 Å². The van der Waals surface area contributed by atoms with Crippen molar-refractivity contribution < 1.29 is 4.79 Å². The third-order valence-electron chi connectivity index (χ3n) is 4.33. The maximum atomic E-state index is 11.9. The van der Waals surface area contributed by atoms with Gasteiger partial charge in [0.15, 0.2) is 5.82 Å². The summed E-state index contributed by atoms with van der Waals surface area (Å²) >= 11 is 12.5. The van der Waals surface area contributed by atoms with E-state index in [1.54, 1.807) is 18.2 Å². The Bertz CT molecular complexity index is 783. The second kappa shape index (κ2) is 5.74. The van der Waals surface area contributed by atoms with Crippen molar-refractivity contribution >= 4 is 29.1 Å². The van der Waals surface area contributed by atoms with Gasteiger partial charge in [-0.15, -0.1) is 0 Å². The van der Waals surface area contributed by atoms with Crippen molar-refractivity contribution in [1.29, 1.82) is 0 Å². The van der Waals surface area contributed by atoms with E-state index >= 15 is 0 Å². The molecular formula is C17H20Cl2N4O. The number of nitrogens with two attached hydrogens (primary N) is 1. The first kappa shape index (κ1) is 17.2. The van der Waals surface area contributed by atoms with Crippen LogP contribution in [-0.2, 0) is 22.2 Å². The predicted octanol–water partition coefficient (Wildman–Crippen LogP) is 3.45. The zero-order valence-electron chi connectivity index (χ0n) is 13.9. The average molecular weight is 367 g/mol. The van der Waals surface area contributed by atoms with Gasteiger partial charge in [0.25, 0.3) is 0 Å². The zero-order valence-corrected chi connectivity index (χ0v) is 15.4. The summed E-state index contributed by atoms with van der Waals surface area (Å²) in [6, 6.07) is 5.37. The molecule has 1 aromatic heterocycles. The lowest BCUT2D eigenvalue weighted by molar-refractivity contribution is -0.120. The largest absolute Gasteiger partial charge is 0.369 e. The number of hydrogen-bond donors (Lipinski definition) is 1. The number of amides is 1. The molecule has 1 aromatic carbocycles. The van der Waals surface area contributed by atoms with Crippen molar-refractivity contribution in [2.75, 3.05) is 0 Å². The lowest BCUT2D eigenvalue weighted by atomic mass is 10.0. The van der Waals surface area contributed by atoms with Crippen LogP contribution in [0.4, 0.5) is 0 Å². The number of primary amides is 1. The van der Waals surface area contributed by atoms with Gasteiger partial charge in [0.1, 0.15) is 11.2 Å². The van der Waals surface area contributed by atoms with Crippen LogP contribution in [0.25, 0.3) is 0 Å². The quantitative estimate of drug-likeness (QED) is 0.900. The molecule has 128 valence electrons. The highest BCUT2D eigenvalue weighted by Gasteiger charge is 2.54. The van der Waals surface area contributed by atoms with Crippen LogP contribution in [0.1, 0.15) is 50.8 Å². The average Bonchev–Trinajstić information content (AvgIpc) is 3.17. The van der Waals surface area contributed by atoms with E-state index in [0.29, 0.717) is 41.0 Å². The molecule has 2 aromatic rings. The van der Waals surface area contributed by atoms with Gasteiger partial charge in [-0.25, -0.2) is 9.67 Å². The lowest BCUT2D eigenvalue weighted by Crippen LogP contribution is -2.35. The van der Waals surface area contributed by atoms with E-state index in [4.69, 9.17) is 28.9 Å². The Kier molecular flexibility index (Phi) is 4.12. The minimum Gasteiger partial charge on any atom is -0.369 e. The van der Waals surface area contributed by atoms with Crippen LogP contribution in [0.15, 0.2) is 18.2 Å². The molecule has 1 aliphatic carbocycles. The number of rotatable bonds is 4. The molecule has 3 rings (SSSR count). The Morgan fingerprint density at radius 2 is 1.88 bits per heavy atom. The second-order valence-corrected chi connectivity index (χ2v) is 8.07. The van der Waals surface area contributed by atoms with Crippen LogP contribution in [0.2, 0.25) is 10.0 Å². The van der Waals surface area contributed by atoms with Gasteiger partial charge < -0.3 is 5.73 Å².